The maximum atomic E-state index is 12.4. The Balaban J connectivity index is 1.52. The first-order valence-corrected chi connectivity index (χ1v) is 7.57. The van der Waals surface area contributed by atoms with E-state index in [0.29, 0.717) is 16.4 Å². The fourth-order valence-corrected chi connectivity index (χ4v) is 3.05. The van der Waals surface area contributed by atoms with Crippen LogP contribution in [0.3, 0.4) is 0 Å². The normalized spacial score (nSPS) is 17.4. The summed E-state index contributed by atoms with van der Waals surface area (Å²) in [5, 5.41) is 4.48. The first-order valence-electron chi connectivity index (χ1n) is 7.19. The molecule has 0 aliphatic carbocycles. The van der Waals surface area contributed by atoms with Crippen LogP contribution in [-0.2, 0) is 13.0 Å². The van der Waals surface area contributed by atoms with Crippen LogP contribution in [0.15, 0.2) is 41.1 Å². The Hall–Kier alpha value is -2.27. The van der Waals surface area contributed by atoms with Crippen LogP contribution in [0, 0.1) is 0 Å². The molecule has 2 aromatic heterocycles. The highest BCUT2D eigenvalue weighted by atomic mass is 35.5. The van der Waals surface area contributed by atoms with Gasteiger partial charge in [0.2, 0.25) is 0 Å². The van der Waals surface area contributed by atoms with Crippen LogP contribution in [-0.4, -0.2) is 21.5 Å². The van der Waals surface area contributed by atoms with E-state index in [1.54, 1.807) is 30.5 Å². The van der Waals surface area contributed by atoms with Crippen LogP contribution >= 0.6 is 11.6 Å². The van der Waals surface area contributed by atoms with Gasteiger partial charge >= 0.3 is 0 Å². The molecule has 112 valence electrons. The van der Waals surface area contributed by atoms with E-state index in [9.17, 15) is 4.79 Å². The van der Waals surface area contributed by atoms with Crippen molar-refractivity contribution in [2.45, 2.75) is 25.4 Å². The summed E-state index contributed by atoms with van der Waals surface area (Å²) in [6, 6.07) is 7.12. The fraction of sp³-hybridized carbons (Fsp3) is 0.250. The molecule has 1 aliphatic heterocycles. The number of furan rings is 1. The van der Waals surface area contributed by atoms with Gasteiger partial charge in [-0.15, -0.1) is 0 Å². The van der Waals surface area contributed by atoms with Gasteiger partial charge in [-0.1, -0.05) is 11.6 Å². The average molecular weight is 316 g/mol. The Bertz CT molecular complexity index is 852. The van der Waals surface area contributed by atoms with Crippen LogP contribution in [0.1, 0.15) is 22.8 Å². The van der Waals surface area contributed by atoms with E-state index in [1.165, 1.54) is 0 Å². The van der Waals surface area contributed by atoms with Crippen LogP contribution in [0.5, 0.6) is 0 Å². The quantitative estimate of drug-likeness (QED) is 0.790. The van der Waals surface area contributed by atoms with Crippen molar-refractivity contribution in [1.82, 2.24) is 14.9 Å². The first-order chi connectivity index (χ1) is 10.7. The summed E-state index contributed by atoms with van der Waals surface area (Å²) in [7, 11) is 0. The van der Waals surface area contributed by atoms with Crippen molar-refractivity contribution in [3.8, 4) is 0 Å². The standard InChI is InChI=1S/C16H14ClN3O2/c17-11-1-3-13-10(7-11)8-14(22-13)16(21)19-12-2-4-15-18-5-6-20(15)9-12/h1,3,5-8,12H,2,4,9H2,(H,19,21). The number of hydrogen-bond donors (Lipinski definition) is 1. The van der Waals surface area contributed by atoms with Crippen LogP contribution < -0.4 is 5.32 Å². The highest BCUT2D eigenvalue weighted by Gasteiger charge is 2.22. The summed E-state index contributed by atoms with van der Waals surface area (Å²) in [6.07, 6.45) is 5.49. The Kier molecular flexibility index (Phi) is 3.15. The number of carbonyl (C=O) groups is 1. The summed E-state index contributed by atoms with van der Waals surface area (Å²) in [5.41, 5.74) is 0.662. The third-order valence-electron chi connectivity index (χ3n) is 3.97. The van der Waals surface area contributed by atoms with Crippen molar-refractivity contribution in [3.63, 3.8) is 0 Å². The van der Waals surface area contributed by atoms with Crippen LogP contribution in [0.4, 0.5) is 0 Å². The van der Waals surface area contributed by atoms with Gasteiger partial charge in [-0.25, -0.2) is 4.98 Å². The number of halogens is 1. The smallest absolute Gasteiger partial charge is 0.287 e. The third-order valence-corrected chi connectivity index (χ3v) is 4.21. The number of fused-ring (bicyclic) bond motifs is 2. The molecule has 4 rings (SSSR count). The summed E-state index contributed by atoms with van der Waals surface area (Å²) in [5.74, 6) is 1.19. The molecule has 1 aromatic carbocycles. The lowest BCUT2D eigenvalue weighted by atomic mass is 10.1. The van der Waals surface area contributed by atoms with Gasteiger partial charge < -0.3 is 14.3 Å². The Morgan fingerprint density at radius 3 is 3.23 bits per heavy atom. The monoisotopic (exact) mass is 315 g/mol. The molecule has 0 radical (unpaired) electrons. The number of nitrogens with one attached hydrogen (secondary N) is 1. The highest BCUT2D eigenvalue weighted by Crippen LogP contribution is 2.23. The molecule has 5 nitrogen and oxygen atoms in total. The van der Waals surface area contributed by atoms with Gasteiger partial charge in [0.15, 0.2) is 5.76 Å². The van der Waals surface area contributed by atoms with E-state index in [-0.39, 0.29) is 11.9 Å². The minimum atomic E-state index is -0.194. The van der Waals surface area contributed by atoms with E-state index in [4.69, 9.17) is 16.0 Å². The topological polar surface area (TPSA) is 60.1 Å². The first kappa shape index (κ1) is 13.4. The zero-order valence-electron chi connectivity index (χ0n) is 11.8. The zero-order chi connectivity index (χ0) is 15.1. The number of amides is 1. The van der Waals surface area contributed by atoms with E-state index >= 15 is 0 Å². The zero-order valence-corrected chi connectivity index (χ0v) is 12.5. The maximum absolute atomic E-state index is 12.4. The molecule has 3 heterocycles. The lowest BCUT2D eigenvalue weighted by molar-refractivity contribution is 0.0901. The number of nitrogens with zero attached hydrogens (tertiary/aromatic N) is 2. The number of hydrogen-bond acceptors (Lipinski definition) is 3. The molecule has 1 unspecified atom stereocenters. The highest BCUT2D eigenvalue weighted by molar-refractivity contribution is 6.31. The second kappa shape index (κ2) is 5.18. The Morgan fingerprint density at radius 1 is 1.41 bits per heavy atom. The third kappa shape index (κ3) is 2.37. The number of aromatic nitrogens is 2. The Labute approximate surface area is 131 Å². The van der Waals surface area contributed by atoms with Gasteiger partial charge in [-0.3, -0.25) is 4.79 Å². The van der Waals surface area contributed by atoms with Crippen LogP contribution in [0.2, 0.25) is 5.02 Å². The van der Waals surface area contributed by atoms with Crippen molar-refractivity contribution >= 4 is 28.5 Å². The minimum Gasteiger partial charge on any atom is -0.451 e. The summed E-state index contributed by atoms with van der Waals surface area (Å²) >= 11 is 5.95. The molecule has 0 spiro atoms. The molecule has 1 aliphatic rings. The number of benzene rings is 1. The number of imidazole rings is 1. The van der Waals surface area contributed by atoms with E-state index in [1.807, 2.05) is 6.20 Å². The second-order valence-corrected chi connectivity index (χ2v) is 5.93. The lowest BCUT2D eigenvalue weighted by Crippen LogP contribution is -2.40. The molecule has 1 atom stereocenters. The predicted octanol–water partition coefficient (Wildman–Crippen LogP) is 3.03. The van der Waals surface area contributed by atoms with Crippen molar-refractivity contribution in [3.05, 3.63) is 53.3 Å². The maximum Gasteiger partial charge on any atom is 0.287 e. The van der Waals surface area contributed by atoms with Gasteiger partial charge in [0, 0.05) is 41.8 Å². The van der Waals surface area contributed by atoms with Crippen molar-refractivity contribution < 1.29 is 9.21 Å². The number of carbonyl (C=O) groups excluding carboxylic acids is 1. The van der Waals surface area contributed by atoms with Gasteiger partial charge in [-0.2, -0.15) is 0 Å². The predicted molar refractivity (Wildman–Crippen MR) is 83.0 cm³/mol. The molecule has 0 fully saturated rings. The Morgan fingerprint density at radius 2 is 2.32 bits per heavy atom. The molecular formula is C16H14ClN3O2. The van der Waals surface area contributed by atoms with E-state index < -0.39 is 0 Å². The van der Waals surface area contributed by atoms with Gasteiger partial charge in [0.1, 0.15) is 11.4 Å². The molecule has 0 saturated carbocycles. The van der Waals surface area contributed by atoms with Gasteiger partial charge in [0.05, 0.1) is 0 Å². The van der Waals surface area contributed by atoms with Crippen molar-refractivity contribution in [2.24, 2.45) is 0 Å². The van der Waals surface area contributed by atoms with E-state index in [0.717, 1.165) is 30.6 Å². The average Bonchev–Trinajstić information content (AvgIpc) is 3.12. The molecule has 22 heavy (non-hydrogen) atoms. The molecule has 1 N–H and O–H groups in total. The molecule has 0 bridgehead atoms. The lowest BCUT2D eigenvalue weighted by Gasteiger charge is -2.24. The largest absolute Gasteiger partial charge is 0.451 e. The van der Waals surface area contributed by atoms with Crippen LogP contribution in [0.25, 0.3) is 11.0 Å². The molecule has 0 saturated heterocycles. The second-order valence-electron chi connectivity index (χ2n) is 5.50. The summed E-state index contributed by atoms with van der Waals surface area (Å²) in [4.78, 5) is 16.6. The summed E-state index contributed by atoms with van der Waals surface area (Å²) < 4.78 is 7.67. The molecular weight excluding hydrogens is 302 g/mol. The number of rotatable bonds is 2. The van der Waals surface area contributed by atoms with Gasteiger partial charge in [-0.05, 0) is 30.7 Å². The number of aryl methyl sites for hydroxylation is 1. The SMILES string of the molecule is O=C(NC1CCc2nccn2C1)c1cc2cc(Cl)ccc2o1. The molecule has 6 heteroatoms. The summed E-state index contributed by atoms with van der Waals surface area (Å²) in [6.45, 7) is 0.743. The van der Waals surface area contributed by atoms with Gasteiger partial charge in [0.25, 0.3) is 5.91 Å². The molecule has 3 aromatic rings. The van der Waals surface area contributed by atoms with E-state index in [2.05, 4.69) is 14.9 Å². The molecule has 1 amide bonds. The minimum absolute atomic E-state index is 0.0889. The van der Waals surface area contributed by atoms with Crippen molar-refractivity contribution in [2.75, 3.05) is 0 Å². The van der Waals surface area contributed by atoms with Crippen molar-refractivity contribution in [1.29, 1.82) is 0 Å². The fourth-order valence-electron chi connectivity index (χ4n) is 2.87.